The fraction of sp³-hybridized carbons (Fsp3) is 0.200. The molecule has 0 aliphatic carbocycles. The number of fused-ring (bicyclic) bond motifs is 1. The summed E-state index contributed by atoms with van der Waals surface area (Å²) in [5.41, 5.74) is 2.61. The summed E-state index contributed by atoms with van der Waals surface area (Å²) in [6, 6.07) is 5.44. The molecule has 0 saturated carbocycles. The zero-order chi connectivity index (χ0) is 10.1. The standard InChI is InChI=1S/C10H10N2O2/c1-12-9-3-2-8(11-6-13)4-7(9)5-10(12)14/h2-4,6H,5H2,1H3,(H,11,13). The molecule has 0 fully saturated rings. The van der Waals surface area contributed by atoms with Crippen molar-refractivity contribution < 1.29 is 9.59 Å². The number of nitrogens with zero attached hydrogens (tertiary/aromatic N) is 1. The Kier molecular flexibility index (Phi) is 1.96. The summed E-state index contributed by atoms with van der Waals surface area (Å²) in [5, 5.41) is 2.56. The van der Waals surface area contributed by atoms with E-state index < -0.39 is 0 Å². The van der Waals surface area contributed by atoms with Crippen LogP contribution in [0.4, 0.5) is 11.4 Å². The number of hydrogen-bond acceptors (Lipinski definition) is 2. The van der Waals surface area contributed by atoms with Crippen molar-refractivity contribution >= 4 is 23.7 Å². The summed E-state index contributed by atoms with van der Waals surface area (Å²) in [6.45, 7) is 0. The van der Waals surface area contributed by atoms with E-state index in [-0.39, 0.29) is 5.91 Å². The highest BCUT2D eigenvalue weighted by molar-refractivity contribution is 6.01. The van der Waals surface area contributed by atoms with Crippen LogP contribution in [0, 0.1) is 0 Å². The molecule has 72 valence electrons. The van der Waals surface area contributed by atoms with Crippen LogP contribution < -0.4 is 10.2 Å². The second-order valence-electron chi connectivity index (χ2n) is 3.24. The molecule has 0 saturated heterocycles. The van der Waals surface area contributed by atoms with E-state index in [0.29, 0.717) is 12.8 Å². The van der Waals surface area contributed by atoms with Gasteiger partial charge in [-0.05, 0) is 23.8 Å². The minimum Gasteiger partial charge on any atom is -0.329 e. The van der Waals surface area contributed by atoms with E-state index in [9.17, 15) is 9.59 Å². The molecule has 0 bridgehead atoms. The zero-order valence-corrected chi connectivity index (χ0v) is 7.78. The van der Waals surface area contributed by atoms with Gasteiger partial charge >= 0.3 is 0 Å². The van der Waals surface area contributed by atoms with Gasteiger partial charge < -0.3 is 10.2 Å². The molecule has 1 heterocycles. The average molecular weight is 190 g/mol. The van der Waals surface area contributed by atoms with E-state index in [1.54, 1.807) is 18.0 Å². The maximum atomic E-state index is 11.3. The Balaban J connectivity index is 2.39. The molecule has 1 aromatic rings. The van der Waals surface area contributed by atoms with E-state index in [2.05, 4.69) is 5.32 Å². The maximum Gasteiger partial charge on any atom is 0.231 e. The van der Waals surface area contributed by atoms with Crippen LogP contribution in [0.15, 0.2) is 18.2 Å². The number of amides is 2. The lowest BCUT2D eigenvalue weighted by Crippen LogP contribution is -2.20. The molecule has 2 amide bonds. The number of likely N-dealkylation sites (N-methyl/N-ethyl adjacent to an activating group) is 1. The van der Waals surface area contributed by atoms with Crippen LogP contribution in [0.1, 0.15) is 5.56 Å². The predicted octanol–water partition coefficient (Wildman–Crippen LogP) is 0.774. The zero-order valence-electron chi connectivity index (χ0n) is 7.78. The molecular formula is C10H10N2O2. The molecular weight excluding hydrogens is 180 g/mol. The van der Waals surface area contributed by atoms with Gasteiger partial charge in [-0.3, -0.25) is 9.59 Å². The van der Waals surface area contributed by atoms with Crippen LogP contribution in [0.5, 0.6) is 0 Å². The van der Waals surface area contributed by atoms with Crippen molar-refractivity contribution in [2.45, 2.75) is 6.42 Å². The quantitative estimate of drug-likeness (QED) is 0.700. The fourth-order valence-corrected chi connectivity index (χ4v) is 1.63. The third-order valence-corrected chi connectivity index (χ3v) is 2.38. The molecule has 1 aliphatic rings. The summed E-state index contributed by atoms with van der Waals surface area (Å²) in [7, 11) is 1.75. The first kappa shape index (κ1) is 8.74. The molecule has 1 N–H and O–H groups in total. The molecule has 0 unspecified atom stereocenters. The van der Waals surface area contributed by atoms with Gasteiger partial charge in [0.05, 0.1) is 6.42 Å². The lowest BCUT2D eigenvalue weighted by molar-refractivity contribution is -0.117. The Labute approximate surface area is 81.5 Å². The van der Waals surface area contributed by atoms with Gasteiger partial charge in [-0.25, -0.2) is 0 Å². The first-order valence-electron chi connectivity index (χ1n) is 4.32. The van der Waals surface area contributed by atoms with Crippen LogP contribution >= 0.6 is 0 Å². The van der Waals surface area contributed by atoms with Crippen molar-refractivity contribution in [3.05, 3.63) is 23.8 Å². The molecule has 0 spiro atoms. The maximum absolute atomic E-state index is 11.3. The van der Waals surface area contributed by atoms with E-state index >= 15 is 0 Å². The highest BCUT2D eigenvalue weighted by Crippen LogP contribution is 2.29. The first-order chi connectivity index (χ1) is 6.72. The van der Waals surface area contributed by atoms with Crippen LogP contribution in [0.25, 0.3) is 0 Å². The SMILES string of the molecule is CN1C(=O)Cc2cc(NC=O)ccc21. The van der Waals surface area contributed by atoms with Crippen molar-refractivity contribution in [3.8, 4) is 0 Å². The lowest BCUT2D eigenvalue weighted by atomic mass is 10.1. The summed E-state index contributed by atoms with van der Waals surface area (Å²) in [6.07, 6.45) is 1.04. The van der Waals surface area contributed by atoms with Gasteiger partial charge in [0.2, 0.25) is 12.3 Å². The summed E-state index contributed by atoms with van der Waals surface area (Å²) in [4.78, 5) is 23.2. The monoisotopic (exact) mass is 190 g/mol. The van der Waals surface area contributed by atoms with Gasteiger partial charge in [-0.2, -0.15) is 0 Å². The number of anilines is 2. The molecule has 0 aromatic heterocycles. The highest BCUT2D eigenvalue weighted by atomic mass is 16.2. The minimum atomic E-state index is 0.0863. The molecule has 1 aliphatic heterocycles. The van der Waals surface area contributed by atoms with Gasteiger partial charge in [0.25, 0.3) is 0 Å². The van der Waals surface area contributed by atoms with E-state index in [1.807, 2.05) is 12.1 Å². The second-order valence-corrected chi connectivity index (χ2v) is 3.24. The Bertz CT molecular complexity index is 401. The normalized spacial score (nSPS) is 14.1. The second kappa shape index (κ2) is 3.14. The van der Waals surface area contributed by atoms with Crippen LogP contribution in [0.3, 0.4) is 0 Å². The third-order valence-electron chi connectivity index (χ3n) is 2.38. The molecule has 4 nitrogen and oxygen atoms in total. The van der Waals surface area contributed by atoms with Crippen molar-refractivity contribution in [2.75, 3.05) is 17.3 Å². The average Bonchev–Trinajstić information content (AvgIpc) is 2.43. The van der Waals surface area contributed by atoms with Crippen LogP contribution in [0.2, 0.25) is 0 Å². The Morgan fingerprint density at radius 1 is 1.50 bits per heavy atom. The van der Waals surface area contributed by atoms with Gasteiger partial charge in [-0.1, -0.05) is 0 Å². The number of nitrogens with one attached hydrogen (secondary N) is 1. The fourth-order valence-electron chi connectivity index (χ4n) is 1.63. The van der Waals surface area contributed by atoms with E-state index in [0.717, 1.165) is 16.9 Å². The van der Waals surface area contributed by atoms with Crippen LogP contribution in [-0.2, 0) is 16.0 Å². The largest absolute Gasteiger partial charge is 0.329 e. The van der Waals surface area contributed by atoms with Crippen LogP contribution in [-0.4, -0.2) is 19.4 Å². The van der Waals surface area contributed by atoms with Gasteiger partial charge in [-0.15, -0.1) is 0 Å². The summed E-state index contributed by atoms with van der Waals surface area (Å²) in [5.74, 6) is 0.0863. The lowest BCUT2D eigenvalue weighted by Gasteiger charge is -2.09. The summed E-state index contributed by atoms with van der Waals surface area (Å²) >= 11 is 0. The van der Waals surface area contributed by atoms with E-state index in [1.165, 1.54) is 0 Å². The first-order valence-corrected chi connectivity index (χ1v) is 4.32. The number of hydrogen-bond donors (Lipinski definition) is 1. The molecule has 0 radical (unpaired) electrons. The number of carbonyl (C=O) groups excluding carboxylic acids is 2. The van der Waals surface area contributed by atoms with Crippen molar-refractivity contribution in [3.63, 3.8) is 0 Å². The molecule has 0 atom stereocenters. The molecule has 1 aromatic carbocycles. The highest BCUT2D eigenvalue weighted by Gasteiger charge is 2.23. The Morgan fingerprint density at radius 3 is 3.00 bits per heavy atom. The third kappa shape index (κ3) is 1.25. The number of benzene rings is 1. The Morgan fingerprint density at radius 2 is 2.29 bits per heavy atom. The van der Waals surface area contributed by atoms with Crippen molar-refractivity contribution in [1.29, 1.82) is 0 Å². The van der Waals surface area contributed by atoms with Gasteiger partial charge in [0.15, 0.2) is 0 Å². The Hall–Kier alpha value is -1.84. The summed E-state index contributed by atoms with van der Waals surface area (Å²) < 4.78 is 0. The van der Waals surface area contributed by atoms with E-state index in [4.69, 9.17) is 0 Å². The molecule has 4 heteroatoms. The van der Waals surface area contributed by atoms with Gasteiger partial charge in [0, 0.05) is 18.4 Å². The molecule has 2 rings (SSSR count). The van der Waals surface area contributed by atoms with Crippen molar-refractivity contribution in [1.82, 2.24) is 0 Å². The number of rotatable bonds is 2. The smallest absolute Gasteiger partial charge is 0.231 e. The predicted molar refractivity (Wildman–Crippen MR) is 53.2 cm³/mol. The molecule has 14 heavy (non-hydrogen) atoms. The van der Waals surface area contributed by atoms with Crippen molar-refractivity contribution in [2.24, 2.45) is 0 Å². The minimum absolute atomic E-state index is 0.0863. The number of carbonyl (C=O) groups is 2. The van der Waals surface area contributed by atoms with Gasteiger partial charge in [0.1, 0.15) is 0 Å². The topological polar surface area (TPSA) is 49.4 Å².